The van der Waals surface area contributed by atoms with Gasteiger partial charge < -0.3 is 10.1 Å². The van der Waals surface area contributed by atoms with Gasteiger partial charge in [-0.25, -0.2) is 4.39 Å². The van der Waals surface area contributed by atoms with Crippen molar-refractivity contribution >= 4 is 28.8 Å². The van der Waals surface area contributed by atoms with Crippen LogP contribution in [-0.4, -0.2) is 34.2 Å². The number of nitrogens with zero attached hydrogens (tertiary/aromatic N) is 3. The number of hydrogen-bond donors (Lipinski definition) is 1. The van der Waals surface area contributed by atoms with E-state index in [0.717, 1.165) is 16.2 Å². The highest BCUT2D eigenvalue weighted by molar-refractivity contribution is 7.13. The molecule has 1 atom stereocenters. The molecule has 1 aliphatic heterocycles. The van der Waals surface area contributed by atoms with Gasteiger partial charge in [0.15, 0.2) is 0 Å². The monoisotopic (exact) mass is 490 g/mol. The number of anilines is 1. The molecule has 1 unspecified atom stereocenters. The molecular weight excluding hydrogens is 467 g/mol. The number of thiophene rings is 1. The van der Waals surface area contributed by atoms with E-state index in [-0.39, 0.29) is 24.9 Å². The molecule has 0 aliphatic carbocycles. The van der Waals surface area contributed by atoms with E-state index in [1.165, 1.54) is 40.5 Å². The number of hydrogen-bond acceptors (Lipinski definition) is 5. The number of methoxy groups -OCH3 is 1. The average molecular weight is 491 g/mol. The first kappa shape index (κ1) is 22.8. The minimum Gasteiger partial charge on any atom is -0.497 e. The average Bonchev–Trinajstić information content (AvgIpc) is 3.54. The predicted octanol–water partition coefficient (Wildman–Crippen LogP) is 4.49. The van der Waals surface area contributed by atoms with Gasteiger partial charge in [-0.1, -0.05) is 18.2 Å². The van der Waals surface area contributed by atoms with Crippen molar-refractivity contribution in [3.8, 4) is 16.3 Å². The fraction of sp³-hybridized carbons (Fsp3) is 0.192. The number of ether oxygens (including phenoxy) is 1. The number of fused-ring (bicyclic) bond motifs is 1. The second-order valence-corrected chi connectivity index (χ2v) is 9.42. The summed E-state index contributed by atoms with van der Waals surface area (Å²) >= 11 is 1.52. The van der Waals surface area contributed by atoms with Crippen molar-refractivity contribution in [2.75, 3.05) is 12.0 Å². The second kappa shape index (κ2) is 8.99. The van der Waals surface area contributed by atoms with Gasteiger partial charge in [0.25, 0.3) is 5.91 Å². The number of nitrogens with one attached hydrogen (secondary N) is 1. The molecule has 178 valence electrons. The van der Waals surface area contributed by atoms with Gasteiger partial charge in [0.1, 0.15) is 28.5 Å². The molecular formula is C26H23FN4O3S. The summed E-state index contributed by atoms with van der Waals surface area (Å²) in [5, 5.41) is 9.53. The van der Waals surface area contributed by atoms with Crippen LogP contribution in [0.15, 0.2) is 72.1 Å². The second-order valence-electron chi connectivity index (χ2n) is 8.47. The number of aromatic nitrogens is 2. The fourth-order valence-corrected chi connectivity index (χ4v) is 4.92. The molecule has 2 amide bonds. The molecule has 4 aromatic rings. The van der Waals surface area contributed by atoms with Crippen molar-refractivity contribution < 1.29 is 18.7 Å². The minimum atomic E-state index is -1.30. The lowest BCUT2D eigenvalue weighted by atomic mass is 9.93. The van der Waals surface area contributed by atoms with Crippen molar-refractivity contribution in [3.63, 3.8) is 0 Å². The third-order valence-electron chi connectivity index (χ3n) is 6.11. The fourth-order valence-electron chi connectivity index (χ4n) is 4.24. The molecule has 3 heterocycles. The standard InChI is InChI=1S/C26H23FN4O3S/c1-26(25(33)28-15-17-5-11-20(34-2)12-6-17)16-30-22(14-21(29-30)23-4-3-13-35-23)24(32)31(26)19-9-7-18(27)8-10-19/h3-14H,15-16H2,1-2H3,(H,28,33). The van der Waals surface area contributed by atoms with Crippen LogP contribution >= 0.6 is 11.3 Å². The van der Waals surface area contributed by atoms with E-state index >= 15 is 0 Å². The summed E-state index contributed by atoms with van der Waals surface area (Å²) < 4.78 is 20.4. The highest BCUT2D eigenvalue weighted by Gasteiger charge is 2.48. The largest absolute Gasteiger partial charge is 0.497 e. The summed E-state index contributed by atoms with van der Waals surface area (Å²) in [7, 11) is 1.59. The summed E-state index contributed by atoms with van der Waals surface area (Å²) in [6.07, 6.45) is 0. The van der Waals surface area contributed by atoms with Crippen molar-refractivity contribution in [1.82, 2.24) is 15.1 Å². The molecule has 0 spiro atoms. The van der Waals surface area contributed by atoms with Crippen molar-refractivity contribution in [2.24, 2.45) is 0 Å². The first-order valence-electron chi connectivity index (χ1n) is 11.0. The number of benzene rings is 2. The Morgan fingerprint density at radius 2 is 1.91 bits per heavy atom. The Hall–Kier alpha value is -3.98. The molecule has 5 rings (SSSR count). The molecule has 0 bridgehead atoms. The topological polar surface area (TPSA) is 76.5 Å². The molecule has 0 saturated heterocycles. The van der Waals surface area contributed by atoms with Crippen LogP contribution in [0.1, 0.15) is 23.0 Å². The van der Waals surface area contributed by atoms with Gasteiger partial charge >= 0.3 is 0 Å². The van der Waals surface area contributed by atoms with E-state index in [9.17, 15) is 14.0 Å². The van der Waals surface area contributed by atoms with Crippen LogP contribution in [0.25, 0.3) is 10.6 Å². The Morgan fingerprint density at radius 1 is 1.17 bits per heavy atom. The normalized spacial score (nSPS) is 17.2. The van der Waals surface area contributed by atoms with E-state index < -0.39 is 11.4 Å². The maximum absolute atomic E-state index is 13.7. The molecule has 0 fully saturated rings. The summed E-state index contributed by atoms with van der Waals surface area (Å²) in [6.45, 7) is 2.12. The van der Waals surface area contributed by atoms with E-state index in [0.29, 0.717) is 17.1 Å². The Kier molecular flexibility index (Phi) is 5.86. The van der Waals surface area contributed by atoms with Crippen LogP contribution in [0.3, 0.4) is 0 Å². The lowest BCUT2D eigenvalue weighted by molar-refractivity contribution is -0.126. The first-order chi connectivity index (χ1) is 16.9. The lowest BCUT2D eigenvalue weighted by Gasteiger charge is -2.43. The Bertz CT molecular complexity index is 1370. The summed E-state index contributed by atoms with van der Waals surface area (Å²) in [5.41, 5.74) is 1.07. The van der Waals surface area contributed by atoms with Crippen molar-refractivity contribution in [2.45, 2.75) is 25.6 Å². The zero-order valence-corrected chi connectivity index (χ0v) is 20.0. The number of carbonyl (C=O) groups is 2. The first-order valence-corrected chi connectivity index (χ1v) is 11.9. The highest BCUT2D eigenvalue weighted by atomic mass is 32.1. The number of amides is 2. The zero-order chi connectivity index (χ0) is 24.6. The molecule has 9 heteroatoms. The molecule has 0 radical (unpaired) electrons. The molecule has 2 aromatic heterocycles. The number of halogens is 1. The SMILES string of the molecule is COc1ccc(CNC(=O)C2(C)Cn3nc(-c4cccs4)cc3C(=O)N2c2ccc(F)cc2)cc1. The third-order valence-corrected chi connectivity index (χ3v) is 7.01. The summed E-state index contributed by atoms with van der Waals surface area (Å²) in [5.74, 6) is -0.417. The van der Waals surface area contributed by atoms with Crippen molar-refractivity contribution in [3.05, 3.63) is 89.2 Å². The molecule has 7 nitrogen and oxygen atoms in total. The van der Waals surface area contributed by atoms with Crippen LogP contribution in [0.5, 0.6) is 5.75 Å². The van der Waals surface area contributed by atoms with Crippen LogP contribution < -0.4 is 15.0 Å². The highest BCUT2D eigenvalue weighted by Crippen LogP contribution is 2.35. The smallest absolute Gasteiger partial charge is 0.277 e. The van der Waals surface area contributed by atoms with Gasteiger partial charge in [-0.05, 0) is 66.4 Å². The third kappa shape index (κ3) is 4.19. The van der Waals surface area contributed by atoms with Crippen LogP contribution in [-0.2, 0) is 17.9 Å². The molecule has 0 saturated carbocycles. The Balaban J connectivity index is 1.50. The molecule has 2 aromatic carbocycles. The van der Waals surface area contributed by atoms with Crippen LogP contribution in [0.4, 0.5) is 10.1 Å². The van der Waals surface area contributed by atoms with Gasteiger partial charge in [0.2, 0.25) is 5.91 Å². The predicted molar refractivity (Wildman–Crippen MR) is 132 cm³/mol. The van der Waals surface area contributed by atoms with Crippen LogP contribution in [0.2, 0.25) is 0 Å². The maximum Gasteiger partial charge on any atom is 0.277 e. The lowest BCUT2D eigenvalue weighted by Crippen LogP contribution is -2.64. The quantitative estimate of drug-likeness (QED) is 0.432. The van der Waals surface area contributed by atoms with E-state index in [4.69, 9.17) is 4.74 Å². The summed E-state index contributed by atoms with van der Waals surface area (Å²) in [6, 6.07) is 18.5. The number of carbonyl (C=O) groups excluding carboxylic acids is 2. The van der Waals surface area contributed by atoms with E-state index in [2.05, 4.69) is 10.4 Å². The Labute approximate surface area is 205 Å². The Morgan fingerprint density at radius 3 is 2.57 bits per heavy atom. The van der Waals surface area contributed by atoms with Gasteiger partial charge in [-0.3, -0.25) is 19.2 Å². The maximum atomic E-state index is 13.7. The van der Waals surface area contributed by atoms with Gasteiger partial charge in [0.05, 0.1) is 18.5 Å². The van der Waals surface area contributed by atoms with Crippen molar-refractivity contribution in [1.29, 1.82) is 0 Å². The van der Waals surface area contributed by atoms with E-state index in [1.54, 1.807) is 24.8 Å². The summed E-state index contributed by atoms with van der Waals surface area (Å²) in [4.78, 5) is 29.7. The van der Waals surface area contributed by atoms with E-state index in [1.807, 2.05) is 41.8 Å². The van der Waals surface area contributed by atoms with Crippen LogP contribution in [0, 0.1) is 5.82 Å². The van der Waals surface area contributed by atoms with Gasteiger partial charge in [-0.2, -0.15) is 5.10 Å². The molecule has 35 heavy (non-hydrogen) atoms. The van der Waals surface area contributed by atoms with Gasteiger partial charge in [0, 0.05) is 12.2 Å². The van der Waals surface area contributed by atoms with Gasteiger partial charge in [-0.15, -0.1) is 11.3 Å². The molecule has 1 aliphatic rings. The minimum absolute atomic E-state index is 0.144. The zero-order valence-electron chi connectivity index (χ0n) is 19.2. The molecule has 1 N–H and O–H groups in total. The number of rotatable bonds is 6.